The summed E-state index contributed by atoms with van der Waals surface area (Å²) in [6.07, 6.45) is 6.43. The molecule has 8 nitrogen and oxygen atoms in total. The van der Waals surface area contributed by atoms with Crippen LogP contribution < -0.4 is 15.4 Å². The number of nitrogens with zero attached hydrogens (tertiary/aromatic N) is 4. The number of carbonyl (C=O) groups is 1. The summed E-state index contributed by atoms with van der Waals surface area (Å²) in [4.78, 5) is 27.8. The van der Waals surface area contributed by atoms with Gasteiger partial charge in [0.2, 0.25) is 5.91 Å². The van der Waals surface area contributed by atoms with Gasteiger partial charge in [0.05, 0.1) is 27.5 Å². The van der Waals surface area contributed by atoms with Gasteiger partial charge in [-0.15, -0.1) is 0 Å². The summed E-state index contributed by atoms with van der Waals surface area (Å²) in [5, 5.41) is 7.39. The van der Waals surface area contributed by atoms with E-state index < -0.39 is 0 Å². The maximum absolute atomic E-state index is 12.3. The van der Waals surface area contributed by atoms with Crippen LogP contribution in [0.2, 0.25) is 5.02 Å². The lowest BCUT2D eigenvalue weighted by atomic mass is 9.81. The molecule has 2 aromatic heterocycles. The minimum atomic E-state index is -0.322. The zero-order chi connectivity index (χ0) is 28.8. The number of nitrogens with one attached hydrogen (secondary N) is 2. The summed E-state index contributed by atoms with van der Waals surface area (Å²) >= 11 is 6.52. The highest BCUT2D eigenvalue weighted by atomic mass is 35.5. The molecule has 0 saturated carbocycles. The molecule has 2 N–H and O–H groups in total. The molecule has 1 aliphatic heterocycles. The SMILES string of the molecule is C=CC(=O)Nc1cc2c(Nc3ccc(OCc4ccccn4)c(Cl)c3)ncnc2cc1C#CC1(C)CCN(C)CC1. The van der Waals surface area contributed by atoms with Gasteiger partial charge in [0.1, 0.15) is 24.5 Å². The van der Waals surface area contributed by atoms with Crippen LogP contribution in [0.5, 0.6) is 5.75 Å². The lowest BCUT2D eigenvalue weighted by Gasteiger charge is -2.33. The summed E-state index contributed by atoms with van der Waals surface area (Å²) in [6.45, 7) is 8.11. The van der Waals surface area contributed by atoms with Crippen LogP contribution in [0.1, 0.15) is 31.0 Å². The number of fused-ring (bicyclic) bond motifs is 1. The molecule has 1 amide bonds. The standard InChI is InChI=1S/C32H31ClN6O2/c1-4-30(40)38-27-19-25-28(17-22(27)10-11-32(2)12-15-39(3)16-13-32)35-21-36-31(25)37-23-8-9-29(26(33)18-23)41-20-24-7-5-6-14-34-24/h4-9,14,17-19,21H,1,12-13,15-16,20H2,2-3H3,(H,38,40)(H,35,36,37). The molecule has 1 saturated heterocycles. The van der Waals surface area contributed by atoms with Crippen molar-refractivity contribution < 1.29 is 9.53 Å². The van der Waals surface area contributed by atoms with E-state index in [0.29, 0.717) is 40.0 Å². The van der Waals surface area contributed by atoms with Crippen molar-refractivity contribution in [1.29, 1.82) is 0 Å². The quantitative estimate of drug-likeness (QED) is 0.203. The van der Waals surface area contributed by atoms with Crippen molar-refractivity contribution >= 4 is 45.6 Å². The van der Waals surface area contributed by atoms with E-state index in [1.54, 1.807) is 18.3 Å². The number of hydrogen-bond donors (Lipinski definition) is 2. The van der Waals surface area contributed by atoms with E-state index in [2.05, 4.69) is 62.9 Å². The maximum atomic E-state index is 12.3. The third kappa shape index (κ3) is 7.01. The van der Waals surface area contributed by atoms with Crippen LogP contribution in [0.15, 0.2) is 73.7 Å². The molecule has 1 aliphatic rings. The molecule has 208 valence electrons. The predicted octanol–water partition coefficient (Wildman–Crippen LogP) is 6.21. The number of aromatic nitrogens is 3. The van der Waals surface area contributed by atoms with Crippen molar-refractivity contribution in [3.05, 3.63) is 90.0 Å². The van der Waals surface area contributed by atoms with Crippen molar-refractivity contribution in [1.82, 2.24) is 19.9 Å². The van der Waals surface area contributed by atoms with E-state index in [0.717, 1.165) is 42.7 Å². The van der Waals surface area contributed by atoms with Crippen LogP contribution in [-0.4, -0.2) is 45.9 Å². The number of amides is 1. The molecule has 9 heteroatoms. The van der Waals surface area contributed by atoms with Gasteiger partial charge in [-0.05, 0) is 88.4 Å². The third-order valence-electron chi connectivity index (χ3n) is 7.10. The number of likely N-dealkylation sites (tertiary alicyclic amines) is 1. The Balaban J connectivity index is 1.42. The molecule has 3 heterocycles. The molecule has 5 rings (SSSR count). The van der Waals surface area contributed by atoms with E-state index >= 15 is 0 Å². The van der Waals surface area contributed by atoms with Crippen molar-refractivity contribution in [2.75, 3.05) is 30.8 Å². The Hall–Kier alpha value is -4.45. The average Bonchev–Trinajstić information content (AvgIpc) is 2.98. The van der Waals surface area contributed by atoms with Crippen LogP contribution in [-0.2, 0) is 11.4 Å². The predicted molar refractivity (Wildman–Crippen MR) is 163 cm³/mol. The third-order valence-corrected chi connectivity index (χ3v) is 7.40. The van der Waals surface area contributed by atoms with Gasteiger partial charge in [-0.3, -0.25) is 9.78 Å². The number of hydrogen-bond acceptors (Lipinski definition) is 7. The monoisotopic (exact) mass is 566 g/mol. The summed E-state index contributed by atoms with van der Waals surface area (Å²) in [6, 6.07) is 14.8. The Labute approximate surface area is 244 Å². The normalized spacial score (nSPS) is 14.5. The van der Waals surface area contributed by atoms with Crippen LogP contribution in [0, 0.1) is 17.3 Å². The second kappa shape index (κ2) is 12.4. The molecule has 0 aliphatic carbocycles. The smallest absolute Gasteiger partial charge is 0.247 e. The van der Waals surface area contributed by atoms with Crippen molar-refractivity contribution in [3.8, 4) is 17.6 Å². The fraction of sp³-hybridized carbons (Fsp3) is 0.250. The van der Waals surface area contributed by atoms with Gasteiger partial charge in [0, 0.05) is 22.7 Å². The zero-order valence-corrected chi connectivity index (χ0v) is 23.8. The van der Waals surface area contributed by atoms with E-state index in [1.807, 2.05) is 36.4 Å². The Morgan fingerprint density at radius 2 is 2.00 bits per heavy atom. The van der Waals surface area contributed by atoms with Crippen LogP contribution in [0.4, 0.5) is 17.2 Å². The van der Waals surface area contributed by atoms with Gasteiger partial charge in [-0.25, -0.2) is 9.97 Å². The van der Waals surface area contributed by atoms with Gasteiger partial charge < -0.3 is 20.3 Å². The number of carbonyl (C=O) groups excluding carboxylic acids is 1. The van der Waals surface area contributed by atoms with E-state index in [-0.39, 0.29) is 11.3 Å². The van der Waals surface area contributed by atoms with Crippen LogP contribution >= 0.6 is 11.6 Å². The topological polar surface area (TPSA) is 92.3 Å². The maximum Gasteiger partial charge on any atom is 0.247 e. The molecule has 41 heavy (non-hydrogen) atoms. The molecule has 0 radical (unpaired) electrons. The molecule has 0 bridgehead atoms. The fourth-order valence-corrected chi connectivity index (χ4v) is 4.75. The summed E-state index contributed by atoms with van der Waals surface area (Å²) in [5.74, 6) is 7.59. The Morgan fingerprint density at radius 3 is 2.73 bits per heavy atom. The lowest BCUT2D eigenvalue weighted by molar-refractivity contribution is -0.111. The molecular formula is C32H31ClN6O2. The highest BCUT2D eigenvalue weighted by Crippen LogP contribution is 2.33. The number of anilines is 3. The van der Waals surface area contributed by atoms with Crippen molar-refractivity contribution in [3.63, 3.8) is 0 Å². The van der Waals surface area contributed by atoms with E-state index in [4.69, 9.17) is 16.3 Å². The molecule has 0 spiro atoms. The van der Waals surface area contributed by atoms with Crippen molar-refractivity contribution in [2.24, 2.45) is 5.41 Å². The molecule has 0 atom stereocenters. The largest absolute Gasteiger partial charge is 0.486 e. The zero-order valence-electron chi connectivity index (χ0n) is 23.1. The first kappa shape index (κ1) is 28.1. The first-order chi connectivity index (χ1) is 19.8. The first-order valence-corrected chi connectivity index (χ1v) is 13.7. The van der Waals surface area contributed by atoms with Crippen LogP contribution in [0.3, 0.4) is 0 Å². The van der Waals surface area contributed by atoms with Gasteiger partial charge in [0.15, 0.2) is 0 Å². The second-order valence-electron chi connectivity index (χ2n) is 10.3. The summed E-state index contributed by atoms with van der Waals surface area (Å²) in [7, 11) is 2.13. The number of rotatable bonds is 7. The van der Waals surface area contributed by atoms with E-state index in [1.165, 1.54) is 12.4 Å². The number of benzene rings is 2. The Kier molecular flexibility index (Phi) is 8.48. The summed E-state index contributed by atoms with van der Waals surface area (Å²) < 4.78 is 5.84. The van der Waals surface area contributed by atoms with Gasteiger partial charge in [-0.1, -0.05) is 36.1 Å². The lowest BCUT2D eigenvalue weighted by Crippen LogP contribution is -2.35. The van der Waals surface area contributed by atoms with Gasteiger partial charge in [0.25, 0.3) is 0 Å². The van der Waals surface area contributed by atoms with Crippen LogP contribution in [0.25, 0.3) is 10.9 Å². The number of halogens is 1. The average molecular weight is 567 g/mol. The van der Waals surface area contributed by atoms with Gasteiger partial charge in [-0.2, -0.15) is 0 Å². The molecule has 1 fully saturated rings. The Morgan fingerprint density at radius 1 is 1.17 bits per heavy atom. The molecule has 0 unspecified atom stereocenters. The van der Waals surface area contributed by atoms with Crippen molar-refractivity contribution in [2.45, 2.75) is 26.4 Å². The molecular weight excluding hydrogens is 536 g/mol. The minimum Gasteiger partial charge on any atom is -0.486 e. The number of ether oxygens (including phenoxy) is 1. The molecule has 4 aromatic rings. The summed E-state index contributed by atoms with van der Waals surface area (Å²) in [5.41, 5.74) is 3.39. The Bertz CT molecular complexity index is 1640. The molecule has 2 aromatic carbocycles. The highest BCUT2D eigenvalue weighted by Gasteiger charge is 2.26. The van der Waals surface area contributed by atoms with E-state index in [9.17, 15) is 4.79 Å². The second-order valence-corrected chi connectivity index (χ2v) is 10.7. The highest BCUT2D eigenvalue weighted by molar-refractivity contribution is 6.32. The fourth-order valence-electron chi connectivity index (χ4n) is 4.52. The number of piperidine rings is 1. The number of pyridine rings is 1. The minimum absolute atomic E-state index is 0.0909. The first-order valence-electron chi connectivity index (χ1n) is 13.3. The van der Waals surface area contributed by atoms with Gasteiger partial charge >= 0.3 is 0 Å².